The van der Waals surface area contributed by atoms with Gasteiger partial charge >= 0.3 is 0 Å². The van der Waals surface area contributed by atoms with Crippen molar-refractivity contribution in [1.29, 1.82) is 0 Å². The van der Waals surface area contributed by atoms with Crippen LogP contribution in [0.5, 0.6) is 0 Å². The minimum absolute atomic E-state index is 0.134. The first-order valence-electron chi connectivity index (χ1n) is 12.5. The molecule has 0 radical (unpaired) electrons. The maximum Gasteiger partial charge on any atom is 0.251 e. The minimum Gasteiger partial charge on any atom is -0.207 e. The monoisotopic (exact) mass is 414 g/mol. The lowest BCUT2D eigenvalue weighted by Crippen LogP contribution is -2.36. The van der Waals surface area contributed by atoms with Crippen molar-refractivity contribution >= 4 is 0 Å². The van der Waals surface area contributed by atoms with Gasteiger partial charge in [0.2, 0.25) is 0 Å². The quantitative estimate of drug-likeness (QED) is 0.393. The van der Waals surface area contributed by atoms with Crippen LogP contribution >= 0.6 is 0 Å². The first-order valence-corrected chi connectivity index (χ1v) is 12.5. The lowest BCUT2D eigenvalue weighted by molar-refractivity contribution is -0.106. The van der Waals surface area contributed by atoms with Gasteiger partial charge in [-0.1, -0.05) is 57.1 Å². The topological polar surface area (TPSA) is 0 Å². The molecule has 0 heterocycles. The number of halogens is 2. The van der Waals surface area contributed by atoms with Crippen LogP contribution in [0.1, 0.15) is 102 Å². The van der Waals surface area contributed by atoms with E-state index in [0.29, 0.717) is 12.3 Å². The van der Waals surface area contributed by atoms with Crippen molar-refractivity contribution in [3.63, 3.8) is 0 Å². The third-order valence-corrected chi connectivity index (χ3v) is 7.46. The van der Waals surface area contributed by atoms with Gasteiger partial charge in [-0.3, -0.25) is 0 Å². The molecule has 2 fully saturated rings. The molecule has 0 N–H and O–H groups in total. The standard InChI is InChI=1S/C28H40F2/c1-3-5-22-7-9-23(10-8-22)11-12-24-13-15-25(16-14-24)17-18-26-19-20-27(6-4-2)28(29,30)21-26/h7-10,24-27H,3-6,13-21H2,1-2H3. The van der Waals surface area contributed by atoms with Crippen LogP contribution in [0.4, 0.5) is 8.78 Å². The Morgan fingerprint density at radius 1 is 0.833 bits per heavy atom. The molecule has 30 heavy (non-hydrogen) atoms. The van der Waals surface area contributed by atoms with Crippen LogP contribution in [0.3, 0.4) is 0 Å². The minimum atomic E-state index is -2.43. The van der Waals surface area contributed by atoms with E-state index in [1.54, 1.807) is 0 Å². The van der Waals surface area contributed by atoms with Gasteiger partial charge in [0.05, 0.1) is 0 Å². The highest BCUT2D eigenvalue weighted by molar-refractivity contribution is 5.36. The maximum atomic E-state index is 14.4. The highest BCUT2D eigenvalue weighted by Gasteiger charge is 2.44. The van der Waals surface area contributed by atoms with Gasteiger partial charge in [0, 0.05) is 23.8 Å². The Morgan fingerprint density at radius 2 is 1.50 bits per heavy atom. The van der Waals surface area contributed by atoms with Gasteiger partial charge in [-0.15, -0.1) is 0 Å². The van der Waals surface area contributed by atoms with Gasteiger partial charge in [0.1, 0.15) is 0 Å². The Labute approximate surface area is 183 Å². The molecule has 2 unspecified atom stereocenters. The molecular weight excluding hydrogens is 374 g/mol. The van der Waals surface area contributed by atoms with E-state index in [2.05, 4.69) is 43.0 Å². The van der Waals surface area contributed by atoms with E-state index in [1.165, 1.54) is 37.7 Å². The number of benzene rings is 1. The molecule has 0 nitrogen and oxygen atoms in total. The van der Waals surface area contributed by atoms with Crippen LogP contribution in [-0.2, 0) is 6.42 Å². The molecule has 0 saturated heterocycles. The zero-order chi connectivity index (χ0) is 21.4. The average Bonchev–Trinajstić information content (AvgIpc) is 2.74. The highest BCUT2D eigenvalue weighted by atomic mass is 19.3. The smallest absolute Gasteiger partial charge is 0.207 e. The molecule has 0 aromatic heterocycles. The molecule has 0 amide bonds. The molecule has 2 aliphatic rings. The van der Waals surface area contributed by atoms with Crippen molar-refractivity contribution in [1.82, 2.24) is 0 Å². The number of hydrogen-bond acceptors (Lipinski definition) is 0. The molecule has 0 aliphatic heterocycles. The van der Waals surface area contributed by atoms with Crippen molar-refractivity contribution in [2.24, 2.45) is 23.7 Å². The molecule has 2 aliphatic carbocycles. The fraction of sp³-hybridized carbons (Fsp3) is 0.714. The Kier molecular flexibility index (Phi) is 8.79. The molecule has 1 aromatic carbocycles. The summed E-state index contributed by atoms with van der Waals surface area (Å²) in [4.78, 5) is 0. The van der Waals surface area contributed by atoms with Gasteiger partial charge in [-0.05, 0) is 87.3 Å². The van der Waals surface area contributed by atoms with Crippen molar-refractivity contribution in [2.45, 2.75) is 103 Å². The zero-order valence-electron chi connectivity index (χ0n) is 19.1. The molecule has 0 bridgehead atoms. The molecule has 2 saturated carbocycles. The summed E-state index contributed by atoms with van der Waals surface area (Å²) in [6.45, 7) is 4.23. The van der Waals surface area contributed by atoms with Crippen LogP contribution in [0, 0.1) is 35.5 Å². The second-order valence-corrected chi connectivity index (χ2v) is 9.91. The van der Waals surface area contributed by atoms with E-state index in [0.717, 1.165) is 50.0 Å². The Hall–Kier alpha value is -1.36. The second-order valence-electron chi connectivity index (χ2n) is 9.91. The molecular formula is C28H40F2. The molecule has 0 spiro atoms. The van der Waals surface area contributed by atoms with Crippen LogP contribution in [0.15, 0.2) is 24.3 Å². The van der Waals surface area contributed by atoms with Crippen LogP contribution in [0.25, 0.3) is 0 Å². The summed E-state index contributed by atoms with van der Waals surface area (Å²) in [6, 6.07) is 8.69. The third-order valence-electron chi connectivity index (χ3n) is 7.46. The van der Waals surface area contributed by atoms with E-state index in [9.17, 15) is 8.78 Å². The lowest BCUT2D eigenvalue weighted by Gasteiger charge is -2.37. The van der Waals surface area contributed by atoms with Gasteiger partial charge in [-0.2, -0.15) is 0 Å². The van der Waals surface area contributed by atoms with E-state index in [4.69, 9.17) is 0 Å². The van der Waals surface area contributed by atoms with Crippen molar-refractivity contribution in [3.05, 3.63) is 35.4 Å². The summed E-state index contributed by atoms with van der Waals surface area (Å²) in [7, 11) is 0. The fourth-order valence-electron chi connectivity index (χ4n) is 5.55. The zero-order valence-corrected chi connectivity index (χ0v) is 19.1. The first-order chi connectivity index (χ1) is 14.5. The Balaban J connectivity index is 1.38. The number of aryl methyl sites for hydroxylation is 1. The number of rotatable bonds is 7. The molecule has 2 atom stereocenters. The lowest BCUT2D eigenvalue weighted by atomic mass is 9.73. The predicted molar refractivity (Wildman–Crippen MR) is 123 cm³/mol. The van der Waals surface area contributed by atoms with E-state index in [-0.39, 0.29) is 18.3 Å². The Bertz CT molecular complexity index is 686. The summed E-state index contributed by atoms with van der Waals surface area (Å²) in [5, 5.41) is 0. The van der Waals surface area contributed by atoms with E-state index >= 15 is 0 Å². The van der Waals surface area contributed by atoms with E-state index < -0.39 is 5.92 Å². The van der Waals surface area contributed by atoms with Crippen molar-refractivity contribution < 1.29 is 8.78 Å². The van der Waals surface area contributed by atoms with Gasteiger partial charge < -0.3 is 0 Å². The van der Waals surface area contributed by atoms with Crippen LogP contribution in [0.2, 0.25) is 0 Å². The second kappa shape index (κ2) is 11.3. The normalized spacial score (nSPS) is 28.5. The largest absolute Gasteiger partial charge is 0.251 e. The van der Waals surface area contributed by atoms with Crippen molar-refractivity contribution in [2.75, 3.05) is 0 Å². The average molecular weight is 415 g/mol. The molecule has 166 valence electrons. The molecule has 3 rings (SSSR count). The Morgan fingerprint density at radius 3 is 2.13 bits per heavy atom. The molecule has 2 heteroatoms. The van der Waals surface area contributed by atoms with E-state index in [1.807, 2.05) is 6.92 Å². The van der Waals surface area contributed by atoms with Gasteiger partial charge in [-0.25, -0.2) is 8.78 Å². The van der Waals surface area contributed by atoms with Gasteiger partial charge in [0.25, 0.3) is 5.92 Å². The summed E-state index contributed by atoms with van der Waals surface area (Å²) < 4.78 is 28.8. The first kappa shape index (κ1) is 23.3. The fourth-order valence-corrected chi connectivity index (χ4v) is 5.55. The van der Waals surface area contributed by atoms with Gasteiger partial charge in [0.15, 0.2) is 0 Å². The summed E-state index contributed by atoms with van der Waals surface area (Å²) in [6.07, 6.45) is 12.7. The van der Waals surface area contributed by atoms with Crippen molar-refractivity contribution in [3.8, 4) is 11.8 Å². The van der Waals surface area contributed by atoms with Crippen LogP contribution < -0.4 is 0 Å². The maximum absolute atomic E-state index is 14.4. The molecule has 1 aromatic rings. The predicted octanol–water partition coefficient (Wildman–Crippen LogP) is 8.43. The summed E-state index contributed by atoms with van der Waals surface area (Å²) in [5.74, 6) is 5.53. The highest BCUT2D eigenvalue weighted by Crippen LogP contribution is 2.45. The van der Waals surface area contributed by atoms with Crippen LogP contribution in [-0.4, -0.2) is 5.92 Å². The number of hydrogen-bond donors (Lipinski definition) is 0. The third kappa shape index (κ3) is 6.83. The summed E-state index contributed by atoms with van der Waals surface area (Å²) >= 11 is 0. The number of alkyl halides is 2. The SMILES string of the molecule is CCCc1ccc(C#CC2CCC(CCC3CCC(CCC)C(F)(F)C3)CC2)cc1. The summed E-state index contributed by atoms with van der Waals surface area (Å²) in [5.41, 5.74) is 2.51.